The van der Waals surface area contributed by atoms with Crippen LogP contribution in [0.5, 0.6) is 0 Å². The smallest absolute Gasteiger partial charge is 0.308 e. The minimum absolute atomic E-state index is 0.315. The molecule has 6 heteroatoms. The van der Waals surface area contributed by atoms with E-state index in [-0.39, 0.29) is 11.9 Å². The molecule has 4 nitrogen and oxygen atoms in total. The van der Waals surface area contributed by atoms with Gasteiger partial charge in [-0.2, -0.15) is 0 Å². The number of hydrogen-bond donors (Lipinski definition) is 2. The van der Waals surface area contributed by atoms with Crippen LogP contribution in [0.15, 0.2) is 22.7 Å². The number of rotatable bonds is 3. The van der Waals surface area contributed by atoms with Crippen molar-refractivity contribution in [2.24, 2.45) is 5.92 Å². The van der Waals surface area contributed by atoms with Crippen LogP contribution in [0.1, 0.15) is 29.6 Å². The van der Waals surface area contributed by atoms with Crippen LogP contribution in [0.3, 0.4) is 0 Å². The Balaban J connectivity index is 2.10. The number of benzene rings is 1. The summed E-state index contributed by atoms with van der Waals surface area (Å²) in [6, 6.07) is 4.67. The fourth-order valence-electron chi connectivity index (χ4n) is 2.35. The van der Waals surface area contributed by atoms with Crippen LogP contribution in [0.4, 0.5) is 0 Å². The van der Waals surface area contributed by atoms with E-state index in [1.54, 1.807) is 18.2 Å². The number of aliphatic carboxylic acids is 1. The number of halogens is 2. The molecule has 1 saturated carbocycles. The first-order chi connectivity index (χ1) is 8.99. The van der Waals surface area contributed by atoms with E-state index >= 15 is 0 Å². The van der Waals surface area contributed by atoms with Gasteiger partial charge in [0.15, 0.2) is 0 Å². The van der Waals surface area contributed by atoms with E-state index in [4.69, 9.17) is 16.7 Å². The summed E-state index contributed by atoms with van der Waals surface area (Å²) in [7, 11) is 0. The zero-order valence-electron chi connectivity index (χ0n) is 10.0. The van der Waals surface area contributed by atoms with E-state index in [1.165, 1.54) is 0 Å². The lowest BCUT2D eigenvalue weighted by Gasteiger charge is -2.18. The van der Waals surface area contributed by atoms with Crippen LogP contribution in [-0.4, -0.2) is 23.0 Å². The molecule has 2 N–H and O–H groups in total. The van der Waals surface area contributed by atoms with E-state index in [9.17, 15) is 9.59 Å². The second kappa shape index (κ2) is 5.92. The Hall–Kier alpha value is -1.07. The zero-order valence-corrected chi connectivity index (χ0v) is 12.4. The van der Waals surface area contributed by atoms with Crippen LogP contribution < -0.4 is 5.32 Å². The number of amides is 1. The van der Waals surface area contributed by atoms with Gasteiger partial charge in [-0.25, -0.2) is 0 Å². The van der Waals surface area contributed by atoms with E-state index in [0.29, 0.717) is 23.4 Å². The Morgan fingerprint density at radius 2 is 2.11 bits per heavy atom. The van der Waals surface area contributed by atoms with Crippen molar-refractivity contribution in [2.75, 3.05) is 0 Å². The Bertz CT molecular complexity index is 521. The van der Waals surface area contributed by atoms with Crippen LogP contribution >= 0.6 is 27.5 Å². The third kappa shape index (κ3) is 3.28. The van der Waals surface area contributed by atoms with Crippen molar-refractivity contribution in [3.05, 3.63) is 33.3 Å². The molecule has 1 fully saturated rings. The number of carbonyl (C=O) groups is 2. The van der Waals surface area contributed by atoms with Crippen molar-refractivity contribution in [2.45, 2.75) is 25.3 Å². The third-order valence-corrected chi connectivity index (χ3v) is 4.13. The lowest BCUT2D eigenvalue weighted by atomic mass is 10.0. The molecule has 19 heavy (non-hydrogen) atoms. The lowest BCUT2D eigenvalue weighted by molar-refractivity contribution is -0.142. The molecule has 0 bridgehead atoms. The molecule has 1 amide bonds. The molecule has 0 aromatic heterocycles. The Labute approximate surface area is 124 Å². The first-order valence-corrected chi connectivity index (χ1v) is 7.15. The van der Waals surface area contributed by atoms with Crippen molar-refractivity contribution in [1.82, 2.24) is 5.32 Å². The Kier molecular flexibility index (Phi) is 4.47. The highest BCUT2D eigenvalue weighted by Crippen LogP contribution is 2.27. The summed E-state index contributed by atoms with van der Waals surface area (Å²) in [6.07, 6.45) is 2.11. The van der Waals surface area contributed by atoms with E-state index in [1.807, 2.05) is 0 Å². The van der Waals surface area contributed by atoms with Crippen molar-refractivity contribution in [3.8, 4) is 0 Å². The molecule has 1 aliphatic rings. The second-order valence-corrected chi connectivity index (χ2v) is 5.90. The maximum Gasteiger partial charge on any atom is 0.308 e. The Morgan fingerprint density at radius 3 is 2.74 bits per heavy atom. The van der Waals surface area contributed by atoms with Crippen LogP contribution in [0, 0.1) is 5.92 Å². The summed E-state index contributed by atoms with van der Waals surface area (Å²) >= 11 is 9.27. The van der Waals surface area contributed by atoms with Gasteiger partial charge in [-0.3, -0.25) is 9.59 Å². The van der Waals surface area contributed by atoms with E-state index in [2.05, 4.69) is 21.2 Å². The SMILES string of the molecule is O=C(NC1CCCC1C(=O)O)c1ccc(Br)cc1Cl. The molecule has 0 aliphatic heterocycles. The predicted octanol–water partition coefficient (Wildman–Crippen LogP) is 3.09. The van der Waals surface area contributed by atoms with E-state index in [0.717, 1.165) is 10.9 Å². The predicted molar refractivity (Wildman–Crippen MR) is 75.4 cm³/mol. The molecule has 1 aromatic carbocycles. The lowest BCUT2D eigenvalue weighted by Crippen LogP contribution is -2.40. The van der Waals surface area contributed by atoms with Gasteiger partial charge in [0.05, 0.1) is 16.5 Å². The van der Waals surface area contributed by atoms with Gasteiger partial charge in [0.25, 0.3) is 5.91 Å². The topological polar surface area (TPSA) is 66.4 Å². The standard InChI is InChI=1S/C13H13BrClNO3/c14-7-4-5-8(10(15)6-7)12(17)16-11-3-1-2-9(11)13(18)19/h4-6,9,11H,1-3H2,(H,16,17)(H,18,19). The number of carboxylic acid groups (broad SMARTS) is 1. The summed E-state index contributed by atoms with van der Waals surface area (Å²) < 4.78 is 0.790. The molecule has 2 unspecified atom stereocenters. The number of carbonyl (C=O) groups excluding carboxylic acids is 1. The maximum absolute atomic E-state index is 12.1. The van der Waals surface area contributed by atoms with Crippen molar-refractivity contribution < 1.29 is 14.7 Å². The normalized spacial score (nSPS) is 22.2. The average molecular weight is 347 g/mol. The fourth-order valence-corrected chi connectivity index (χ4v) is 3.11. The van der Waals surface area contributed by atoms with Gasteiger partial charge in [-0.1, -0.05) is 34.0 Å². The van der Waals surface area contributed by atoms with Crippen LogP contribution in [0.25, 0.3) is 0 Å². The molecule has 0 heterocycles. The number of nitrogens with one attached hydrogen (secondary N) is 1. The monoisotopic (exact) mass is 345 g/mol. The van der Waals surface area contributed by atoms with Gasteiger partial charge in [0.1, 0.15) is 0 Å². The van der Waals surface area contributed by atoms with Gasteiger partial charge in [-0.15, -0.1) is 0 Å². The molecule has 102 valence electrons. The molecule has 0 spiro atoms. The van der Waals surface area contributed by atoms with Gasteiger partial charge in [0, 0.05) is 10.5 Å². The highest BCUT2D eigenvalue weighted by atomic mass is 79.9. The summed E-state index contributed by atoms with van der Waals surface area (Å²) in [5.74, 6) is -1.68. The van der Waals surface area contributed by atoms with Gasteiger partial charge < -0.3 is 10.4 Å². The average Bonchev–Trinajstić information content (AvgIpc) is 2.76. The third-order valence-electron chi connectivity index (χ3n) is 3.33. The Morgan fingerprint density at radius 1 is 1.37 bits per heavy atom. The first kappa shape index (κ1) is 14.3. The first-order valence-electron chi connectivity index (χ1n) is 5.98. The molecular formula is C13H13BrClNO3. The van der Waals surface area contributed by atoms with Gasteiger partial charge in [0.2, 0.25) is 0 Å². The summed E-state index contributed by atoms with van der Waals surface area (Å²) in [5, 5.41) is 12.2. The highest BCUT2D eigenvalue weighted by molar-refractivity contribution is 9.10. The van der Waals surface area contributed by atoms with Crippen molar-refractivity contribution >= 4 is 39.4 Å². The molecule has 1 aliphatic carbocycles. The summed E-state index contributed by atoms with van der Waals surface area (Å²) in [6.45, 7) is 0. The van der Waals surface area contributed by atoms with Crippen LogP contribution in [0.2, 0.25) is 5.02 Å². The minimum atomic E-state index is -0.857. The molecule has 0 radical (unpaired) electrons. The van der Waals surface area contributed by atoms with Gasteiger partial charge >= 0.3 is 5.97 Å². The largest absolute Gasteiger partial charge is 0.481 e. The molecule has 0 saturated heterocycles. The van der Waals surface area contributed by atoms with E-state index < -0.39 is 11.9 Å². The van der Waals surface area contributed by atoms with Crippen LogP contribution in [-0.2, 0) is 4.79 Å². The van der Waals surface area contributed by atoms with Crippen molar-refractivity contribution in [3.63, 3.8) is 0 Å². The fraction of sp³-hybridized carbons (Fsp3) is 0.385. The highest BCUT2D eigenvalue weighted by Gasteiger charge is 2.34. The molecule has 2 atom stereocenters. The number of carboxylic acids is 1. The number of hydrogen-bond acceptors (Lipinski definition) is 2. The second-order valence-electron chi connectivity index (χ2n) is 4.58. The quantitative estimate of drug-likeness (QED) is 0.884. The zero-order chi connectivity index (χ0) is 14.0. The maximum atomic E-state index is 12.1. The minimum Gasteiger partial charge on any atom is -0.481 e. The molecule has 2 rings (SSSR count). The summed E-state index contributed by atoms with van der Waals surface area (Å²) in [4.78, 5) is 23.2. The molecule has 1 aromatic rings. The van der Waals surface area contributed by atoms with Gasteiger partial charge in [-0.05, 0) is 31.0 Å². The van der Waals surface area contributed by atoms with Crippen molar-refractivity contribution in [1.29, 1.82) is 0 Å². The summed E-state index contributed by atoms with van der Waals surface area (Å²) in [5.41, 5.74) is 0.362. The molecular weight excluding hydrogens is 334 g/mol.